The molecule has 2 aliphatic heterocycles. The molecule has 3 fully saturated rings. The van der Waals surface area contributed by atoms with E-state index in [1.54, 1.807) is 11.2 Å². The number of aliphatic hydroxyl groups is 1. The molecule has 11 nitrogen and oxygen atoms in total. The number of halogens is 2. The second-order valence-electron chi connectivity index (χ2n) is 10.5. The summed E-state index contributed by atoms with van der Waals surface area (Å²) >= 11 is 0. The smallest absolute Gasteiger partial charge is 0.387 e. The molecule has 14 heteroatoms. The normalized spacial score (nSPS) is 26.6. The maximum Gasteiger partial charge on any atom is 0.387 e. The second-order valence-corrected chi connectivity index (χ2v) is 12.7. The van der Waals surface area contributed by atoms with Gasteiger partial charge in [-0.3, -0.25) is 9.36 Å². The zero-order chi connectivity index (χ0) is 26.5. The lowest BCUT2D eigenvalue weighted by Crippen LogP contribution is -2.58. The Morgan fingerprint density at radius 2 is 1.95 bits per heavy atom. The van der Waals surface area contributed by atoms with Crippen LogP contribution in [0.3, 0.4) is 0 Å². The summed E-state index contributed by atoms with van der Waals surface area (Å²) in [7, 11) is -1.43. The zero-order valence-electron chi connectivity index (χ0n) is 20.8. The topological polar surface area (TPSA) is 130 Å². The van der Waals surface area contributed by atoms with Crippen molar-refractivity contribution in [2.45, 2.75) is 68.6 Å². The number of pyridine rings is 1. The molecule has 204 valence electrons. The summed E-state index contributed by atoms with van der Waals surface area (Å²) in [6.45, 7) is 0.309. The van der Waals surface area contributed by atoms with Crippen LogP contribution < -0.4 is 15.6 Å². The minimum Gasteiger partial charge on any atom is -0.429 e. The fourth-order valence-electron chi connectivity index (χ4n) is 5.65. The number of hydrogen-bond donors (Lipinski definition) is 2. The fraction of sp³-hybridized carbons (Fsp3) is 0.696. The summed E-state index contributed by atoms with van der Waals surface area (Å²) in [6.07, 6.45) is 4.16. The number of likely N-dealkylation sites (tertiary alicyclic amines) is 1. The van der Waals surface area contributed by atoms with Crippen molar-refractivity contribution >= 4 is 27.0 Å². The molecule has 2 aromatic heterocycles. The molecule has 5 rings (SSSR count). The third-order valence-corrected chi connectivity index (χ3v) is 9.97. The molecule has 1 saturated carbocycles. The SMILES string of the molecule is CN1CC(S(=O)(=O)N2CCC(Nc3ncc4cc(OC(F)F)c(=O)n([C@@H]5CCC[C@@]5(C)O)c4n3)CC2)C1. The lowest BCUT2D eigenvalue weighted by molar-refractivity contribution is -0.0513. The Kier molecular flexibility index (Phi) is 6.88. The number of nitrogens with zero attached hydrogens (tertiary/aromatic N) is 5. The number of nitrogens with one attached hydrogen (secondary N) is 1. The van der Waals surface area contributed by atoms with E-state index in [1.807, 2.05) is 11.9 Å². The number of hydrogen-bond acceptors (Lipinski definition) is 9. The summed E-state index contributed by atoms with van der Waals surface area (Å²) < 4.78 is 58.8. The van der Waals surface area contributed by atoms with Gasteiger partial charge in [-0.25, -0.2) is 17.7 Å². The van der Waals surface area contributed by atoms with E-state index in [1.165, 1.54) is 16.8 Å². The van der Waals surface area contributed by atoms with Gasteiger partial charge in [0, 0.05) is 43.8 Å². The van der Waals surface area contributed by atoms with Crippen LogP contribution in [0.4, 0.5) is 14.7 Å². The highest BCUT2D eigenvalue weighted by atomic mass is 32.2. The average Bonchev–Trinajstić information content (AvgIpc) is 3.16. The summed E-state index contributed by atoms with van der Waals surface area (Å²) in [5.74, 6) is -0.288. The van der Waals surface area contributed by atoms with Crippen molar-refractivity contribution in [1.82, 2.24) is 23.7 Å². The fourth-order valence-corrected chi connectivity index (χ4v) is 7.68. The summed E-state index contributed by atoms with van der Waals surface area (Å²) in [5, 5.41) is 14.1. The minimum atomic E-state index is -3.32. The number of fused-ring (bicyclic) bond motifs is 1. The first-order valence-electron chi connectivity index (χ1n) is 12.5. The molecule has 2 atom stereocenters. The molecule has 37 heavy (non-hydrogen) atoms. The van der Waals surface area contributed by atoms with Crippen molar-refractivity contribution in [2.75, 3.05) is 38.5 Å². The molecule has 0 bridgehead atoms. The monoisotopic (exact) mass is 542 g/mol. The molecule has 2 aromatic rings. The van der Waals surface area contributed by atoms with E-state index < -0.39 is 39.6 Å². The molecular formula is C23H32F2N6O5S. The zero-order valence-corrected chi connectivity index (χ0v) is 21.6. The standard InChI is InChI=1S/C23H32F2N6O5S/c1-23(33)7-3-4-18(23)31-19-14(10-17(20(31)32)36-21(24)25)11-26-22(28-19)27-15-5-8-30(9-6-15)37(34,35)16-12-29(2)13-16/h10-11,15-16,18,21,33H,3-9,12-13H2,1-2H3,(H,26,27,28)/t18-,23-/m1/s1. The number of piperidine rings is 1. The highest BCUT2D eigenvalue weighted by Crippen LogP contribution is 2.40. The number of ether oxygens (including phenoxy) is 1. The van der Waals surface area contributed by atoms with Crippen LogP contribution in [0.1, 0.15) is 45.1 Å². The van der Waals surface area contributed by atoms with Crippen molar-refractivity contribution in [3.8, 4) is 5.75 Å². The van der Waals surface area contributed by atoms with Crippen LogP contribution >= 0.6 is 0 Å². The van der Waals surface area contributed by atoms with Crippen LogP contribution in [-0.4, -0.2) is 94.0 Å². The van der Waals surface area contributed by atoms with E-state index >= 15 is 0 Å². The first kappa shape index (κ1) is 26.2. The van der Waals surface area contributed by atoms with Gasteiger partial charge >= 0.3 is 6.61 Å². The molecule has 2 N–H and O–H groups in total. The van der Waals surface area contributed by atoms with E-state index in [2.05, 4.69) is 20.0 Å². The van der Waals surface area contributed by atoms with Gasteiger partial charge in [0.25, 0.3) is 5.56 Å². The first-order valence-corrected chi connectivity index (χ1v) is 14.0. The maximum absolute atomic E-state index is 13.2. The lowest BCUT2D eigenvalue weighted by atomic mass is 10.00. The number of rotatable bonds is 7. The van der Waals surface area contributed by atoms with Gasteiger partial charge in [-0.15, -0.1) is 0 Å². The van der Waals surface area contributed by atoms with E-state index in [0.29, 0.717) is 63.7 Å². The molecule has 0 spiro atoms. The first-order chi connectivity index (χ1) is 17.5. The molecule has 1 aliphatic carbocycles. The molecule has 0 aromatic carbocycles. The van der Waals surface area contributed by atoms with Gasteiger partial charge in [0.2, 0.25) is 16.0 Å². The van der Waals surface area contributed by atoms with Crippen molar-refractivity contribution in [2.24, 2.45) is 0 Å². The Balaban J connectivity index is 1.38. The predicted octanol–water partition coefficient (Wildman–Crippen LogP) is 1.39. The summed E-state index contributed by atoms with van der Waals surface area (Å²) in [6, 6.07) is 0.448. The number of alkyl halides is 2. The molecule has 0 amide bonds. The van der Waals surface area contributed by atoms with Gasteiger partial charge in [0.15, 0.2) is 5.75 Å². The summed E-state index contributed by atoms with van der Waals surface area (Å²) in [4.78, 5) is 24.0. The van der Waals surface area contributed by atoms with Crippen LogP contribution in [0.2, 0.25) is 0 Å². The predicted molar refractivity (Wildman–Crippen MR) is 132 cm³/mol. The Bertz CT molecular complexity index is 1320. The number of anilines is 1. The van der Waals surface area contributed by atoms with E-state index in [-0.39, 0.29) is 22.9 Å². The number of sulfonamides is 1. The minimum absolute atomic E-state index is 0.0795. The molecule has 2 saturated heterocycles. The molecular weight excluding hydrogens is 510 g/mol. The molecule has 3 aliphatic rings. The van der Waals surface area contributed by atoms with Crippen LogP contribution in [-0.2, 0) is 10.0 Å². The van der Waals surface area contributed by atoms with Crippen molar-refractivity contribution in [3.05, 3.63) is 22.6 Å². The van der Waals surface area contributed by atoms with Gasteiger partial charge in [0.05, 0.1) is 11.6 Å². The molecule has 4 heterocycles. The van der Waals surface area contributed by atoms with E-state index in [4.69, 9.17) is 0 Å². The van der Waals surface area contributed by atoms with E-state index in [0.717, 1.165) is 0 Å². The van der Waals surface area contributed by atoms with Gasteiger partial charge in [0.1, 0.15) is 10.9 Å². The largest absolute Gasteiger partial charge is 0.429 e. The molecule has 0 radical (unpaired) electrons. The third-order valence-electron chi connectivity index (χ3n) is 7.75. The Hall–Kier alpha value is -2.42. The van der Waals surface area contributed by atoms with Crippen LogP contribution in [0.15, 0.2) is 17.1 Å². The quantitative estimate of drug-likeness (QED) is 0.533. The van der Waals surface area contributed by atoms with Crippen LogP contribution in [0, 0.1) is 0 Å². The van der Waals surface area contributed by atoms with Crippen LogP contribution in [0.5, 0.6) is 5.75 Å². The van der Waals surface area contributed by atoms with Gasteiger partial charge in [-0.2, -0.15) is 13.8 Å². The Morgan fingerprint density at radius 1 is 1.24 bits per heavy atom. The molecule has 0 unspecified atom stereocenters. The Morgan fingerprint density at radius 3 is 2.54 bits per heavy atom. The van der Waals surface area contributed by atoms with Crippen LogP contribution in [0.25, 0.3) is 11.0 Å². The van der Waals surface area contributed by atoms with E-state index in [9.17, 15) is 27.1 Å². The lowest BCUT2D eigenvalue weighted by Gasteiger charge is -2.40. The third kappa shape index (κ3) is 5.03. The van der Waals surface area contributed by atoms with Crippen molar-refractivity contribution < 1.29 is 27.0 Å². The Labute approximate surface area is 213 Å². The highest BCUT2D eigenvalue weighted by Gasteiger charge is 2.41. The second kappa shape index (κ2) is 9.71. The van der Waals surface area contributed by atoms with Gasteiger partial charge in [-0.1, -0.05) is 0 Å². The van der Waals surface area contributed by atoms with Gasteiger partial charge in [-0.05, 0) is 52.1 Å². The average molecular weight is 543 g/mol. The number of aromatic nitrogens is 3. The highest BCUT2D eigenvalue weighted by molar-refractivity contribution is 7.89. The van der Waals surface area contributed by atoms with Crippen molar-refractivity contribution in [1.29, 1.82) is 0 Å². The maximum atomic E-state index is 13.2. The summed E-state index contributed by atoms with van der Waals surface area (Å²) in [5.41, 5.74) is -1.79. The van der Waals surface area contributed by atoms with Crippen molar-refractivity contribution in [3.63, 3.8) is 0 Å². The van der Waals surface area contributed by atoms with Gasteiger partial charge < -0.3 is 20.1 Å².